The topological polar surface area (TPSA) is 133 Å². The van der Waals surface area contributed by atoms with Crippen molar-refractivity contribution in [2.75, 3.05) is 49.2 Å². The minimum atomic E-state index is -5.08. The Morgan fingerprint density at radius 3 is 2.18 bits per heavy atom. The number of morpholine rings is 1. The van der Waals surface area contributed by atoms with Crippen LogP contribution in [0.3, 0.4) is 0 Å². The van der Waals surface area contributed by atoms with E-state index in [2.05, 4.69) is 56.8 Å². The van der Waals surface area contributed by atoms with E-state index < -0.39 is 18.1 Å². The molecule has 0 unspecified atom stereocenters. The van der Waals surface area contributed by atoms with Gasteiger partial charge in [-0.05, 0) is 49.3 Å². The number of carbonyl (C=O) groups is 2. The zero-order chi connectivity index (χ0) is 34.5. The third kappa shape index (κ3) is 7.81. The number of aromatic nitrogens is 4. The smallest absolute Gasteiger partial charge is 0.481 e. The number of carboxylic acids is 2. The molecule has 0 aliphatic carbocycles. The Balaban J connectivity index is 0.000000540. The van der Waals surface area contributed by atoms with Crippen LogP contribution < -0.4 is 9.80 Å². The van der Waals surface area contributed by atoms with Crippen LogP contribution in [-0.2, 0) is 14.3 Å². The largest absolute Gasteiger partial charge is 0.490 e. The van der Waals surface area contributed by atoms with Crippen molar-refractivity contribution >= 4 is 52.1 Å². The highest BCUT2D eigenvalue weighted by Gasteiger charge is 2.38. The lowest BCUT2D eigenvalue weighted by Crippen LogP contribution is -2.37. The zero-order valence-corrected chi connectivity index (χ0v) is 26.3. The Hall–Kier alpha value is -5.50. The molecule has 0 atom stereocenters. The van der Waals surface area contributed by atoms with Gasteiger partial charge in [-0.3, -0.25) is 9.20 Å². The lowest BCUT2D eigenvalue weighted by atomic mass is 9.96. The molecule has 49 heavy (non-hydrogen) atoms. The number of halogens is 3. The van der Waals surface area contributed by atoms with Crippen LogP contribution in [-0.4, -0.2) is 87.1 Å². The van der Waals surface area contributed by atoms with Gasteiger partial charge in [0.1, 0.15) is 0 Å². The van der Waals surface area contributed by atoms with Crippen molar-refractivity contribution in [3.8, 4) is 11.3 Å². The lowest BCUT2D eigenvalue weighted by Gasteiger charge is -2.32. The molecule has 5 heterocycles. The van der Waals surface area contributed by atoms with Gasteiger partial charge in [0.25, 0.3) is 0 Å². The maximum absolute atomic E-state index is 11.3. The number of imidazole rings is 1. The quantitative estimate of drug-likeness (QED) is 0.225. The van der Waals surface area contributed by atoms with Gasteiger partial charge < -0.3 is 24.7 Å². The molecule has 5 aromatic rings. The number of para-hydroxylation sites is 1. The summed E-state index contributed by atoms with van der Waals surface area (Å²) >= 11 is 0. The van der Waals surface area contributed by atoms with Gasteiger partial charge in [-0.1, -0.05) is 36.4 Å². The van der Waals surface area contributed by atoms with Crippen LogP contribution in [0.2, 0.25) is 0 Å². The highest BCUT2D eigenvalue weighted by Crippen LogP contribution is 2.30. The van der Waals surface area contributed by atoms with Crippen molar-refractivity contribution in [1.29, 1.82) is 0 Å². The Bertz CT molecular complexity index is 1980. The van der Waals surface area contributed by atoms with Gasteiger partial charge >= 0.3 is 18.1 Å². The molecule has 0 saturated carbocycles. The first kappa shape index (κ1) is 33.4. The fourth-order valence-electron chi connectivity index (χ4n) is 5.85. The van der Waals surface area contributed by atoms with Gasteiger partial charge in [0.2, 0.25) is 0 Å². The summed E-state index contributed by atoms with van der Waals surface area (Å²) in [6, 6.07) is 20.7. The van der Waals surface area contributed by atoms with Crippen LogP contribution in [0.15, 0.2) is 73.1 Å². The number of piperidine rings is 1. The second-order valence-electron chi connectivity index (χ2n) is 11.6. The van der Waals surface area contributed by atoms with E-state index in [1.165, 1.54) is 0 Å². The highest BCUT2D eigenvalue weighted by molar-refractivity contribution is 5.81. The van der Waals surface area contributed by atoms with Crippen LogP contribution in [0.5, 0.6) is 0 Å². The third-order valence-electron chi connectivity index (χ3n) is 8.46. The SMILES string of the molecule is O=C(O)C(F)(F)F.O=C(O)C1CCN(c2ccc(-c3cnc(N4CCOCC4)c4nc(/C=C/c5ccc6ccccc6n5)cn34)cc2)CC1. The summed E-state index contributed by atoms with van der Waals surface area (Å²) in [5, 5.41) is 17.6. The summed E-state index contributed by atoms with van der Waals surface area (Å²) < 4.78 is 39.4. The molecule has 11 nitrogen and oxygen atoms in total. The van der Waals surface area contributed by atoms with E-state index in [-0.39, 0.29) is 5.92 Å². The van der Waals surface area contributed by atoms with E-state index in [0.29, 0.717) is 26.1 Å². The van der Waals surface area contributed by atoms with Crippen molar-refractivity contribution in [3.05, 3.63) is 84.4 Å². The van der Waals surface area contributed by atoms with Gasteiger partial charge in [0.05, 0.1) is 47.9 Å². The van der Waals surface area contributed by atoms with Crippen LogP contribution in [0.1, 0.15) is 24.2 Å². The minimum absolute atomic E-state index is 0.244. The summed E-state index contributed by atoms with van der Waals surface area (Å²) in [7, 11) is 0. The highest BCUT2D eigenvalue weighted by atomic mass is 19.4. The van der Waals surface area contributed by atoms with Crippen molar-refractivity contribution in [2.45, 2.75) is 19.0 Å². The van der Waals surface area contributed by atoms with Gasteiger partial charge in [-0.25, -0.2) is 19.7 Å². The number of hydrogen-bond acceptors (Lipinski definition) is 8. The number of anilines is 2. The Morgan fingerprint density at radius 1 is 0.837 bits per heavy atom. The molecule has 2 N–H and O–H groups in total. The molecule has 7 rings (SSSR count). The van der Waals surface area contributed by atoms with Crippen LogP contribution >= 0.6 is 0 Å². The number of benzene rings is 2. The van der Waals surface area contributed by atoms with E-state index in [1.54, 1.807) is 0 Å². The average molecular weight is 675 g/mol. The Kier molecular flexibility index (Phi) is 9.76. The monoisotopic (exact) mass is 674 g/mol. The third-order valence-corrected chi connectivity index (χ3v) is 8.46. The summed E-state index contributed by atoms with van der Waals surface area (Å²) in [4.78, 5) is 39.4. The molecule has 2 fully saturated rings. The number of nitrogens with zero attached hydrogens (tertiary/aromatic N) is 6. The minimum Gasteiger partial charge on any atom is -0.481 e. The molecular formula is C35H33F3N6O5. The molecule has 0 spiro atoms. The number of hydrogen-bond donors (Lipinski definition) is 2. The number of ether oxygens (including phenoxy) is 1. The van der Waals surface area contributed by atoms with E-state index in [1.807, 2.05) is 42.6 Å². The van der Waals surface area contributed by atoms with Crippen LogP contribution in [0.25, 0.3) is 40.0 Å². The summed E-state index contributed by atoms with van der Waals surface area (Å²) in [5.74, 6) is -2.84. The fourth-order valence-corrected chi connectivity index (χ4v) is 5.85. The average Bonchev–Trinajstić information content (AvgIpc) is 3.55. The van der Waals surface area contributed by atoms with Gasteiger partial charge in [0, 0.05) is 49.0 Å². The Labute approximate surface area is 278 Å². The van der Waals surface area contributed by atoms with E-state index in [0.717, 1.165) is 76.9 Å². The maximum atomic E-state index is 11.3. The maximum Gasteiger partial charge on any atom is 0.490 e. The number of alkyl halides is 3. The van der Waals surface area contributed by atoms with Crippen LogP contribution in [0, 0.1) is 5.92 Å². The molecule has 14 heteroatoms. The van der Waals surface area contributed by atoms with Crippen molar-refractivity contribution in [1.82, 2.24) is 19.4 Å². The molecule has 2 saturated heterocycles. The number of pyridine rings is 1. The second-order valence-corrected chi connectivity index (χ2v) is 11.6. The molecule has 2 aromatic carbocycles. The normalized spacial score (nSPS) is 15.8. The number of aliphatic carboxylic acids is 2. The molecule has 0 amide bonds. The predicted molar refractivity (Wildman–Crippen MR) is 178 cm³/mol. The predicted octanol–water partition coefficient (Wildman–Crippen LogP) is 5.89. The molecule has 254 valence electrons. The van der Waals surface area contributed by atoms with E-state index in [9.17, 15) is 23.1 Å². The second kappa shape index (κ2) is 14.3. The summed E-state index contributed by atoms with van der Waals surface area (Å²) in [5.41, 5.74) is 6.57. The standard InChI is InChI=1S/C33H32N6O3.C2HF3O2/c40-33(41)25-13-15-37(16-14-25)28-11-6-24(7-12-28)30-21-34-31(38-17-19-42-20-18-38)32-36-27(22-39(30)32)10-9-26-8-5-23-3-1-2-4-29(23)35-26;3-2(4,5)1(6)7/h1-12,21-22,25H,13-20H2,(H,40,41);(H,6,7)/b10-9+;. The first-order valence-corrected chi connectivity index (χ1v) is 15.7. The molecule has 0 radical (unpaired) electrons. The van der Waals surface area contributed by atoms with Crippen molar-refractivity contribution in [2.24, 2.45) is 5.92 Å². The van der Waals surface area contributed by atoms with Gasteiger partial charge in [-0.15, -0.1) is 0 Å². The number of rotatable bonds is 6. The van der Waals surface area contributed by atoms with Crippen molar-refractivity contribution in [3.63, 3.8) is 0 Å². The summed E-state index contributed by atoms with van der Waals surface area (Å²) in [6.45, 7) is 4.38. The van der Waals surface area contributed by atoms with Gasteiger partial charge in [0.15, 0.2) is 11.5 Å². The van der Waals surface area contributed by atoms with Crippen LogP contribution in [0.4, 0.5) is 24.7 Å². The molecule has 2 aliphatic heterocycles. The van der Waals surface area contributed by atoms with E-state index >= 15 is 0 Å². The first-order valence-electron chi connectivity index (χ1n) is 15.7. The zero-order valence-electron chi connectivity index (χ0n) is 26.3. The number of fused-ring (bicyclic) bond motifs is 2. The fraction of sp³-hybridized carbons (Fsp3) is 0.286. The van der Waals surface area contributed by atoms with Crippen molar-refractivity contribution < 1.29 is 37.7 Å². The lowest BCUT2D eigenvalue weighted by molar-refractivity contribution is -0.192. The summed E-state index contributed by atoms with van der Waals surface area (Å²) in [6.07, 6.45) is 4.23. The van der Waals surface area contributed by atoms with E-state index in [4.69, 9.17) is 29.6 Å². The van der Waals surface area contributed by atoms with Gasteiger partial charge in [-0.2, -0.15) is 13.2 Å². The Morgan fingerprint density at radius 2 is 1.51 bits per heavy atom. The molecule has 0 bridgehead atoms. The molecular weight excluding hydrogens is 641 g/mol. The molecule has 2 aliphatic rings. The first-order chi connectivity index (χ1) is 23.6. The molecule has 3 aromatic heterocycles. The number of carboxylic acid groups (broad SMARTS) is 2.